The Hall–Kier alpha value is -0.890. The highest BCUT2D eigenvalue weighted by atomic mass is 16.7. The maximum absolute atomic E-state index is 10.5. The highest BCUT2D eigenvalue weighted by molar-refractivity contribution is 5.60. The standard InChI is InChI=1S/C9H10O3/c1-2-11-9-6-3-4-8(12-9)7(6)5-10/h3-4,6,8-9H,2H2,1H3. The molecule has 0 radical (unpaired) electrons. The molecule has 0 amide bonds. The van der Waals surface area contributed by atoms with Gasteiger partial charge in [-0.3, -0.25) is 0 Å². The van der Waals surface area contributed by atoms with Crippen LogP contribution in [-0.4, -0.2) is 24.9 Å². The zero-order valence-electron chi connectivity index (χ0n) is 6.82. The molecule has 64 valence electrons. The highest BCUT2D eigenvalue weighted by Crippen LogP contribution is 2.38. The number of rotatable bonds is 2. The summed E-state index contributed by atoms with van der Waals surface area (Å²) in [6, 6.07) is 0. The van der Waals surface area contributed by atoms with Gasteiger partial charge in [0.2, 0.25) is 0 Å². The Labute approximate surface area is 70.7 Å². The fourth-order valence-electron chi connectivity index (χ4n) is 1.64. The second-order valence-corrected chi connectivity index (χ2v) is 2.85. The maximum Gasteiger partial charge on any atom is 0.169 e. The zero-order chi connectivity index (χ0) is 8.55. The molecular formula is C9H10O3. The summed E-state index contributed by atoms with van der Waals surface area (Å²) in [4.78, 5) is 10.5. The molecule has 2 aliphatic rings. The third kappa shape index (κ3) is 0.950. The van der Waals surface area contributed by atoms with Gasteiger partial charge >= 0.3 is 0 Å². The van der Waals surface area contributed by atoms with E-state index in [9.17, 15) is 4.79 Å². The van der Waals surface area contributed by atoms with Gasteiger partial charge < -0.3 is 9.47 Å². The van der Waals surface area contributed by atoms with Crippen molar-refractivity contribution in [3.8, 4) is 0 Å². The minimum Gasteiger partial charge on any atom is -0.352 e. The number of hydrogen-bond acceptors (Lipinski definition) is 3. The van der Waals surface area contributed by atoms with Crippen LogP contribution in [0.5, 0.6) is 0 Å². The largest absolute Gasteiger partial charge is 0.352 e. The molecule has 3 heteroatoms. The molecule has 0 saturated carbocycles. The second kappa shape index (κ2) is 2.87. The van der Waals surface area contributed by atoms with Crippen LogP contribution in [0, 0.1) is 5.92 Å². The number of fused-ring (bicyclic) bond motifs is 2. The number of ether oxygens (including phenoxy) is 2. The second-order valence-electron chi connectivity index (χ2n) is 2.85. The van der Waals surface area contributed by atoms with Crippen molar-refractivity contribution >= 4 is 5.94 Å². The van der Waals surface area contributed by atoms with Crippen LogP contribution in [0.2, 0.25) is 0 Å². The Balaban J connectivity index is 2.18. The predicted molar refractivity (Wildman–Crippen MR) is 42.1 cm³/mol. The van der Waals surface area contributed by atoms with E-state index < -0.39 is 0 Å². The molecule has 12 heavy (non-hydrogen) atoms. The molecule has 1 aliphatic carbocycles. The summed E-state index contributed by atoms with van der Waals surface area (Å²) in [5, 5.41) is 0. The topological polar surface area (TPSA) is 35.5 Å². The molecule has 2 bridgehead atoms. The Kier molecular flexibility index (Phi) is 1.85. The van der Waals surface area contributed by atoms with Crippen LogP contribution in [0.1, 0.15) is 6.92 Å². The molecule has 3 nitrogen and oxygen atoms in total. The van der Waals surface area contributed by atoms with Crippen molar-refractivity contribution in [2.45, 2.75) is 19.3 Å². The molecule has 0 aromatic carbocycles. The van der Waals surface area contributed by atoms with Crippen molar-refractivity contribution in [2.24, 2.45) is 5.92 Å². The van der Waals surface area contributed by atoms with Crippen LogP contribution in [0.25, 0.3) is 0 Å². The summed E-state index contributed by atoms with van der Waals surface area (Å²) >= 11 is 0. The lowest BCUT2D eigenvalue weighted by atomic mass is 10.1. The highest BCUT2D eigenvalue weighted by Gasteiger charge is 2.43. The van der Waals surface area contributed by atoms with Crippen LogP contribution in [0.15, 0.2) is 17.7 Å². The van der Waals surface area contributed by atoms with Gasteiger partial charge in [-0.25, -0.2) is 4.79 Å². The van der Waals surface area contributed by atoms with Gasteiger partial charge in [0.15, 0.2) is 6.29 Å². The first-order valence-electron chi connectivity index (χ1n) is 4.07. The van der Waals surface area contributed by atoms with E-state index in [4.69, 9.17) is 9.47 Å². The van der Waals surface area contributed by atoms with Gasteiger partial charge in [-0.15, -0.1) is 0 Å². The molecule has 0 N–H and O–H groups in total. The van der Waals surface area contributed by atoms with Crippen molar-refractivity contribution in [3.05, 3.63) is 17.7 Å². The van der Waals surface area contributed by atoms with E-state index in [1.165, 1.54) is 0 Å². The Morgan fingerprint density at radius 1 is 1.67 bits per heavy atom. The average Bonchev–Trinajstić information content (AvgIpc) is 2.60. The zero-order valence-corrected chi connectivity index (χ0v) is 6.82. The summed E-state index contributed by atoms with van der Waals surface area (Å²) in [6.07, 6.45) is 3.39. The number of carbonyl (C=O) groups excluding carboxylic acids is 1. The smallest absolute Gasteiger partial charge is 0.169 e. The number of hydrogen-bond donors (Lipinski definition) is 0. The maximum atomic E-state index is 10.5. The van der Waals surface area contributed by atoms with Crippen molar-refractivity contribution in [2.75, 3.05) is 6.61 Å². The van der Waals surface area contributed by atoms with E-state index in [0.717, 1.165) is 0 Å². The van der Waals surface area contributed by atoms with Crippen molar-refractivity contribution in [3.63, 3.8) is 0 Å². The summed E-state index contributed by atoms with van der Waals surface area (Å²) in [5.41, 5.74) is 0.674. The van der Waals surface area contributed by atoms with Gasteiger partial charge in [0.05, 0.1) is 11.5 Å². The molecule has 1 aliphatic heterocycles. The van der Waals surface area contributed by atoms with E-state index in [2.05, 4.69) is 0 Å². The summed E-state index contributed by atoms with van der Waals surface area (Å²) < 4.78 is 10.7. The van der Waals surface area contributed by atoms with E-state index >= 15 is 0 Å². The van der Waals surface area contributed by atoms with E-state index in [-0.39, 0.29) is 18.3 Å². The lowest BCUT2D eigenvalue weighted by Crippen LogP contribution is -2.21. The summed E-state index contributed by atoms with van der Waals surface area (Å²) in [5.74, 6) is 1.92. The van der Waals surface area contributed by atoms with E-state index in [1.54, 1.807) is 0 Å². The molecule has 3 atom stereocenters. The van der Waals surface area contributed by atoms with Gasteiger partial charge in [0, 0.05) is 6.61 Å². The van der Waals surface area contributed by atoms with Gasteiger partial charge in [0.1, 0.15) is 12.0 Å². The fourth-order valence-corrected chi connectivity index (χ4v) is 1.64. The SMILES string of the molecule is CCOC1OC2C=CC1C2=C=O. The van der Waals surface area contributed by atoms with Gasteiger partial charge in [-0.05, 0) is 6.92 Å². The molecule has 0 aromatic heterocycles. The normalized spacial score (nSPS) is 37.4. The molecular weight excluding hydrogens is 156 g/mol. The third-order valence-corrected chi connectivity index (χ3v) is 2.18. The molecule has 1 saturated heterocycles. The quantitative estimate of drug-likeness (QED) is 0.447. The van der Waals surface area contributed by atoms with Gasteiger partial charge in [0.25, 0.3) is 0 Å². The summed E-state index contributed by atoms with van der Waals surface area (Å²) in [7, 11) is 0. The molecule has 0 aromatic rings. The fraction of sp³-hybridized carbons (Fsp3) is 0.556. The molecule has 0 spiro atoms. The monoisotopic (exact) mass is 166 g/mol. The summed E-state index contributed by atoms with van der Waals surface area (Å²) in [6.45, 7) is 2.51. The lowest BCUT2D eigenvalue weighted by molar-refractivity contribution is -0.137. The minimum atomic E-state index is -0.263. The van der Waals surface area contributed by atoms with Gasteiger partial charge in [-0.2, -0.15) is 0 Å². The third-order valence-electron chi connectivity index (χ3n) is 2.18. The Bertz CT molecular complexity index is 263. The van der Waals surface area contributed by atoms with Crippen LogP contribution in [-0.2, 0) is 14.3 Å². The molecule has 2 rings (SSSR count). The van der Waals surface area contributed by atoms with Crippen molar-refractivity contribution in [1.29, 1.82) is 0 Å². The first-order chi connectivity index (χ1) is 5.86. The van der Waals surface area contributed by atoms with Crippen molar-refractivity contribution < 1.29 is 14.3 Å². The minimum absolute atomic E-state index is 0.00690. The first-order valence-corrected chi connectivity index (χ1v) is 4.07. The van der Waals surface area contributed by atoms with E-state index in [1.807, 2.05) is 25.0 Å². The van der Waals surface area contributed by atoms with Crippen molar-refractivity contribution in [1.82, 2.24) is 0 Å². The van der Waals surface area contributed by atoms with Crippen LogP contribution < -0.4 is 0 Å². The predicted octanol–water partition coefficient (Wildman–Crippen LogP) is 0.692. The molecule has 1 heterocycles. The van der Waals surface area contributed by atoms with Crippen LogP contribution in [0.3, 0.4) is 0 Å². The lowest BCUT2D eigenvalue weighted by Gasteiger charge is -2.16. The average molecular weight is 166 g/mol. The van der Waals surface area contributed by atoms with E-state index in [0.29, 0.717) is 12.2 Å². The Morgan fingerprint density at radius 3 is 3.08 bits per heavy atom. The first kappa shape index (κ1) is 7.74. The molecule has 3 unspecified atom stereocenters. The van der Waals surface area contributed by atoms with Crippen LogP contribution in [0.4, 0.5) is 0 Å². The molecule has 1 fully saturated rings. The Morgan fingerprint density at radius 2 is 2.50 bits per heavy atom. The van der Waals surface area contributed by atoms with Gasteiger partial charge in [-0.1, -0.05) is 12.2 Å². The van der Waals surface area contributed by atoms with Crippen LogP contribution >= 0.6 is 0 Å².